The predicted octanol–water partition coefficient (Wildman–Crippen LogP) is 2.18. The fourth-order valence-electron chi connectivity index (χ4n) is 1.58. The zero-order valence-electron chi connectivity index (χ0n) is 10.1. The minimum Gasteiger partial charge on any atom is -0.457 e. The predicted molar refractivity (Wildman–Crippen MR) is 67.8 cm³/mol. The van der Waals surface area contributed by atoms with Gasteiger partial charge in [0.15, 0.2) is 0 Å². The second-order valence-electron chi connectivity index (χ2n) is 4.07. The third-order valence-corrected chi connectivity index (χ3v) is 2.58. The van der Waals surface area contributed by atoms with Gasteiger partial charge in [-0.1, -0.05) is 18.2 Å². The van der Waals surface area contributed by atoms with Crippen LogP contribution in [0.3, 0.4) is 0 Å². The zero-order valence-corrected chi connectivity index (χ0v) is 10.1. The van der Waals surface area contributed by atoms with E-state index in [9.17, 15) is 13.2 Å². The molecule has 0 fully saturated rings. The van der Waals surface area contributed by atoms with Crippen LogP contribution >= 0.6 is 0 Å². The summed E-state index contributed by atoms with van der Waals surface area (Å²) in [4.78, 5) is 0. The molecule has 0 aromatic heterocycles. The third kappa shape index (κ3) is 3.52. The van der Waals surface area contributed by atoms with Gasteiger partial charge in [-0.15, -0.1) is 0 Å². The molecule has 20 heavy (non-hydrogen) atoms. The lowest BCUT2D eigenvalue weighted by atomic mass is 9.80. The maximum absolute atomic E-state index is 12.5. The molecular formula is C13H10BF3O3. The Morgan fingerprint density at radius 3 is 2.10 bits per heavy atom. The molecule has 104 valence electrons. The average Bonchev–Trinajstić information content (AvgIpc) is 2.38. The van der Waals surface area contributed by atoms with Gasteiger partial charge in [-0.2, -0.15) is 13.2 Å². The van der Waals surface area contributed by atoms with E-state index in [1.165, 1.54) is 36.4 Å². The van der Waals surface area contributed by atoms with Gasteiger partial charge in [0.05, 0.1) is 5.56 Å². The molecule has 3 nitrogen and oxygen atoms in total. The molecule has 0 radical (unpaired) electrons. The molecule has 0 heterocycles. The highest BCUT2D eigenvalue weighted by Crippen LogP contribution is 2.32. The first-order valence-corrected chi connectivity index (χ1v) is 5.67. The monoisotopic (exact) mass is 282 g/mol. The van der Waals surface area contributed by atoms with E-state index < -0.39 is 18.9 Å². The van der Waals surface area contributed by atoms with Gasteiger partial charge >= 0.3 is 13.3 Å². The second-order valence-corrected chi connectivity index (χ2v) is 4.07. The van der Waals surface area contributed by atoms with Crippen LogP contribution in [0.15, 0.2) is 48.5 Å². The normalized spacial score (nSPS) is 11.2. The molecule has 0 saturated carbocycles. The summed E-state index contributed by atoms with van der Waals surface area (Å²) in [5.74, 6) is 0.353. The second kappa shape index (κ2) is 5.56. The standard InChI is InChI=1S/C13H10BF3O3/c15-13(16,17)9-2-1-3-12(8-9)20-11-6-4-10(5-7-11)14(18)19/h1-8,18-19H. The lowest BCUT2D eigenvalue weighted by Crippen LogP contribution is -2.29. The summed E-state index contributed by atoms with van der Waals surface area (Å²) in [6, 6.07) is 10.2. The van der Waals surface area contributed by atoms with E-state index in [1.807, 2.05) is 0 Å². The zero-order chi connectivity index (χ0) is 14.8. The van der Waals surface area contributed by atoms with Gasteiger partial charge in [0, 0.05) is 0 Å². The first-order valence-electron chi connectivity index (χ1n) is 5.67. The fraction of sp³-hybridized carbons (Fsp3) is 0.0769. The highest BCUT2D eigenvalue weighted by Gasteiger charge is 2.30. The Balaban J connectivity index is 2.18. The number of hydrogen-bond acceptors (Lipinski definition) is 3. The van der Waals surface area contributed by atoms with Crippen LogP contribution in [0.4, 0.5) is 13.2 Å². The minimum absolute atomic E-state index is 0.0529. The summed E-state index contributed by atoms with van der Waals surface area (Å²) in [7, 11) is -1.60. The molecule has 2 rings (SSSR count). The first kappa shape index (κ1) is 14.4. The van der Waals surface area contributed by atoms with Crippen molar-refractivity contribution in [3.8, 4) is 11.5 Å². The van der Waals surface area contributed by atoms with Gasteiger partial charge in [0.2, 0.25) is 0 Å². The quantitative estimate of drug-likeness (QED) is 0.848. The summed E-state index contributed by atoms with van der Waals surface area (Å²) < 4.78 is 42.9. The topological polar surface area (TPSA) is 49.7 Å². The number of benzene rings is 2. The van der Waals surface area contributed by atoms with Crippen molar-refractivity contribution in [1.29, 1.82) is 0 Å². The largest absolute Gasteiger partial charge is 0.488 e. The van der Waals surface area contributed by atoms with E-state index in [-0.39, 0.29) is 11.2 Å². The Hall–Kier alpha value is -1.99. The van der Waals surface area contributed by atoms with Crippen LogP contribution in [0.2, 0.25) is 0 Å². The smallest absolute Gasteiger partial charge is 0.457 e. The van der Waals surface area contributed by atoms with Gasteiger partial charge in [0.25, 0.3) is 0 Å². The average molecular weight is 282 g/mol. The highest BCUT2D eigenvalue weighted by molar-refractivity contribution is 6.58. The Labute approximate surface area is 113 Å². The van der Waals surface area contributed by atoms with E-state index in [0.29, 0.717) is 5.75 Å². The van der Waals surface area contributed by atoms with E-state index in [0.717, 1.165) is 12.1 Å². The van der Waals surface area contributed by atoms with E-state index in [2.05, 4.69) is 0 Å². The molecule has 0 bridgehead atoms. The van der Waals surface area contributed by atoms with Crippen molar-refractivity contribution in [2.24, 2.45) is 0 Å². The maximum Gasteiger partial charge on any atom is 0.488 e. The Morgan fingerprint density at radius 2 is 1.55 bits per heavy atom. The Bertz CT molecular complexity index is 582. The van der Waals surface area contributed by atoms with Gasteiger partial charge in [-0.05, 0) is 35.8 Å². The molecule has 7 heteroatoms. The van der Waals surface area contributed by atoms with Crippen LogP contribution in [0, 0.1) is 0 Å². The molecule has 0 aliphatic carbocycles. The molecule has 2 aromatic rings. The van der Waals surface area contributed by atoms with Crippen molar-refractivity contribution in [3.63, 3.8) is 0 Å². The molecule has 0 aliphatic rings. The molecule has 0 spiro atoms. The van der Waals surface area contributed by atoms with E-state index in [4.69, 9.17) is 14.8 Å². The van der Waals surface area contributed by atoms with Crippen molar-refractivity contribution >= 4 is 12.6 Å². The van der Waals surface area contributed by atoms with Crippen molar-refractivity contribution in [2.45, 2.75) is 6.18 Å². The molecular weight excluding hydrogens is 272 g/mol. The maximum atomic E-state index is 12.5. The molecule has 0 atom stereocenters. The van der Waals surface area contributed by atoms with Crippen LogP contribution in [0.5, 0.6) is 11.5 Å². The van der Waals surface area contributed by atoms with Crippen molar-refractivity contribution in [3.05, 3.63) is 54.1 Å². The summed E-state index contributed by atoms with van der Waals surface area (Å²) in [5.41, 5.74) is -0.529. The summed E-state index contributed by atoms with van der Waals surface area (Å²) >= 11 is 0. The van der Waals surface area contributed by atoms with Gasteiger partial charge < -0.3 is 14.8 Å². The molecule has 2 N–H and O–H groups in total. The molecule has 0 aliphatic heterocycles. The van der Waals surface area contributed by atoms with E-state index >= 15 is 0 Å². The summed E-state index contributed by atoms with van der Waals surface area (Å²) in [6.45, 7) is 0. The molecule has 0 unspecified atom stereocenters. The number of ether oxygens (including phenoxy) is 1. The molecule has 0 amide bonds. The van der Waals surface area contributed by atoms with Crippen LogP contribution in [0.25, 0.3) is 0 Å². The van der Waals surface area contributed by atoms with E-state index in [1.54, 1.807) is 0 Å². The fourth-order valence-corrected chi connectivity index (χ4v) is 1.58. The van der Waals surface area contributed by atoms with Crippen LogP contribution < -0.4 is 10.2 Å². The number of rotatable bonds is 3. The number of hydrogen-bond donors (Lipinski definition) is 2. The third-order valence-electron chi connectivity index (χ3n) is 2.58. The lowest BCUT2D eigenvalue weighted by molar-refractivity contribution is -0.137. The Morgan fingerprint density at radius 1 is 0.900 bits per heavy atom. The minimum atomic E-state index is -4.43. The highest BCUT2D eigenvalue weighted by atomic mass is 19.4. The van der Waals surface area contributed by atoms with Crippen molar-refractivity contribution < 1.29 is 28.0 Å². The van der Waals surface area contributed by atoms with Gasteiger partial charge in [-0.25, -0.2) is 0 Å². The first-order chi connectivity index (χ1) is 9.36. The SMILES string of the molecule is OB(O)c1ccc(Oc2cccc(C(F)(F)F)c2)cc1. The molecule has 2 aromatic carbocycles. The van der Waals surface area contributed by atoms with Gasteiger partial charge in [0.1, 0.15) is 11.5 Å². The number of halogens is 3. The number of alkyl halides is 3. The van der Waals surface area contributed by atoms with Crippen LogP contribution in [0.1, 0.15) is 5.56 Å². The van der Waals surface area contributed by atoms with Crippen LogP contribution in [-0.2, 0) is 6.18 Å². The summed E-state index contributed by atoms with van der Waals surface area (Å²) in [6.07, 6.45) is -4.43. The van der Waals surface area contributed by atoms with Crippen molar-refractivity contribution in [1.82, 2.24) is 0 Å². The lowest BCUT2D eigenvalue weighted by Gasteiger charge is -2.10. The molecule has 0 saturated heterocycles. The summed E-state index contributed by atoms with van der Waals surface area (Å²) in [5, 5.41) is 17.8. The Kier molecular flexibility index (Phi) is 4.01. The van der Waals surface area contributed by atoms with Gasteiger partial charge in [-0.3, -0.25) is 0 Å². The van der Waals surface area contributed by atoms with Crippen molar-refractivity contribution in [2.75, 3.05) is 0 Å². The van der Waals surface area contributed by atoms with Crippen LogP contribution in [-0.4, -0.2) is 17.2 Å².